The summed E-state index contributed by atoms with van der Waals surface area (Å²) in [4.78, 5) is 27.0. The minimum Gasteiger partial charge on any atom is -0.274 e. The van der Waals surface area contributed by atoms with Crippen LogP contribution in [-0.2, 0) is 9.59 Å². The first kappa shape index (κ1) is 15.5. The van der Waals surface area contributed by atoms with Crippen LogP contribution in [0.5, 0.6) is 0 Å². The average molecular weight is 436 g/mol. The number of hydrogen-bond acceptors (Lipinski definition) is 2. The minimum atomic E-state index is -0.226. The zero-order valence-electron chi connectivity index (χ0n) is 11.4. The van der Waals surface area contributed by atoms with Crippen molar-refractivity contribution in [1.82, 2.24) is 0 Å². The number of nitrogens with zero attached hydrogens (tertiary/aromatic N) is 1. The predicted octanol–water partition coefficient (Wildman–Crippen LogP) is 4.07. The molecule has 0 N–H and O–H groups in total. The van der Waals surface area contributed by atoms with E-state index in [0.29, 0.717) is 23.6 Å². The first-order valence-electron chi connectivity index (χ1n) is 6.82. The van der Waals surface area contributed by atoms with Gasteiger partial charge in [-0.2, -0.15) is 0 Å². The lowest BCUT2D eigenvalue weighted by Crippen LogP contribution is -2.34. The van der Waals surface area contributed by atoms with E-state index in [4.69, 9.17) is 11.6 Å². The Morgan fingerprint density at radius 3 is 2.10 bits per heavy atom. The Morgan fingerprint density at radius 2 is 1.62 bits per heavy atom. The summed E-state index contributed by atoms with van der Waals surface area (Å²) in [5.41, 5.74) is 1.50. The number of fused-ring (bicyclic) bond motifs is 1. The largest absolute Gasteiger partial charge is 0.274 e. The Labute approximate surface area is 145 Å². The Balaban J connectivity index is 1.95. The number of rotatable bonds is 1. The summed E-state index contributed by atoms with van der Waals surface area (Å²) in [5, 5.41) is 0.569. The maximum Gasteiger partial charge on any atom is 0.237 e. The first-order chi connectivity index (χ1) is 9.90. The molecule has 0 unspecified atom stereocenters. The molecule has 0 bridgehead atoms. The molecular weight excluding hydrogens is 421 g/mol. The van der Waals surface area contributed by atoms with Gasteiger partial charge in [-0.05, 0) is 37.5 Å². The number of carbonyl (C=O) groups excluding carboxylic acids is 2. The van der Waals surface area contributed by atoms with E-state index >= 15 is 0 Å². The summed E-state index contributed by atoms with van der Waals surface area (Å²) in [6.45, 7) is 1.89. The van der Waals surface area contributed by atoms with Gasteiger partial charge in [0.15, 0.2) is 0 Å². The van der Waals surface area contributed by atoms with Gasteiger partial charge in [-0.15, -0.1) is 0 Å². The number of anilines is 1. The van der Waals surface area contributed by atoms with E-state index in [1.165, 1.54) is 4.90 Å². The van der Waals surface area contributed by atoms with Gasteiger partial charge in [0.05, 0.1) is 17.5 Å². The summed E-state index contributed by atoms with van der Waals surface area (Å²) < 4.78 is 0. The van der Waals surface area contributed by atoms with Crippen LogP contribution < -0.4 is 4.90 Å². The predicted molar refractivity (Wildman–Crippen MR) is 90.3 cm³/mol. The Morgan fingerprint density at radius 1 is 1.10 bits per heavy atom. The third kappa shape index (κ3) is 2.57. The number of amides is 2. The van der Waals surface area contributed by atoms with E-state index < -0.39 is 0 Å². The van der Waals surface area contributed by atoms with Crippen molar-refractivity contribution in [2.75, 3.05) is 4.90 Å². The fourth-order valence-corrected chi connectivity index (χ4v) is 4.48. The monoisotopic (exact) mass is 433 g/mol. The van der Waals surface area contributed by atoms with Crippen LogP contribution in [-0.4, -0.2) is 21.5 Å². The molecule has 3 rings (SSSR count). The molecule has 4 atom stereocenters. The van der Waals surface area contributed by atoms with Crippen molar-refractivity contribution in [3.63, 3.8) is 0 Å². The number of aryl methyl sites for hydroxylation is 1. The Hall–Kier alpha value is -0.390. The lowest BCUT2D eigenvalue weighted by atomic mass is 9.81. The van der Waals surface area contributed by atoms with Crippen LogP contribution in [0.2, 0.25) is 5.02 Å². The summed E-state index contributed by atoms with van der Waals surface area (Å²) in [5.74, 6) is -0.658. The molecule has 3 nitrogen and oxygen atoms in total. The summed E-state index contributed by atoms with van der Waals surface area (Å²) in [7, 11) is 0. The van der Waals surface area contributed by atoms with Crippen molar-refractivity contribution in [2.45, 2.75) is 29.4 Å². The van der Waals surface area contributed by atoms with Gasteiger partial charge in [0.25, 0.3) is 0 Å². The molecule has 2 amide bonds. The Bertz CT molecular complexity index is 594. The van der Waals surface area contributed by atoms with Gasteiger partial charge in [-0.1, -0.05) is 49.5 Å². The van der Waals surface area contributed by atoms with Crippen molar-refractivity contribution in [2.24, 2.45) is 11.8 Å². The molecule has 0 spiro atoms. The maximum absolute atomic E-state index is 12.6. The highest BCUT2D eigenvalue weighted by atomic mass is 79.9. The molecule has 6 heteroatoms. The second-order valence-corrected chi connectivity index (χ2v) is 8.42. The van der Waals surface area contributed by atoms with Gasteiger partial charge < -0.3 is 0 Å². The third-order valence-electron chi connectivity index (χ3n) is 4.33. The van der Waals surface area contributed by atoms with Crippen LogP contribution in [0.25, 0.3) is 0 Å². The SMILES string of the molecule is Cc1ccc(N2C(=O)[C@H]3C[C@@H](Br)[C@H](Br)C[C@@H]3C2=O)cc1Cl. The van der Waals surface area contributed by atoms with Crippen LogP contribution in [0, 0.1) is 18.8 Å². The maximum atomic E-state index is 12.6. The second kappa shape index (κ2) is 5.67. The molecule has 1 aliphatic carbocycles. The highest BCUT2D eigenvalue weighted by molar-refractivity contribution is 9.12. The molecule has 1 aliphatic heterocycles. The van der Waals surface area contributed by atoms with Gasteiger partial charge in [0.1, 0.15) is 0 Å². The summed E-state index contributed by atoms with van der Waals surface area (Å²) in [6.07, 6.45) is 1.36. The highest BCUT2D eigenvalue weighted by Gasteiger charge is 2.52. The standard InChI is InChI=1S/C15H14Br2ClNO2/c1-7-2-3-8(4-13(7)18)19-14(20)9-5-11(16)12(17)6-10(9)15(19)21/h2-4,9-12H,5-6H2,1H3/t9-,10-,11+,12+/m0/s1. The lowest BCUT2D eigenvalue weighted by molar-refractivity contribution is -0.122. The number of benzene rings is 1. The molecule has 21 heavy (non-hydrogen) atoms. The van der Waals surface area contributed by atoms with Crippen LogP contribution in [0.15, 0.2) is 18.2 Å². The molecule has 1 aromatic carbocycles. The van der Waals surface area contributed by atoms with Gasteiger partial charge in [0, 0.05) is 14.7 Å². The second-order valence-electron chi connectivity index (χ2n) is 5.66. The van der Waals surface area contributed by atoms with Crippen LogP contribution in [0.1, 0.15) is 18.4 Å². The number of halogens is 3. The molecular formula is C15H14Br2ClNO2. The van der Waals surface area contributed by atoms with Gasteiger partial charge in [0.2, 0.25) is 11.8 Å². The highest BCUT2D eigenvalue weighted by Crippen LogP contribution is 2.44. The van der Waals surface area contributed by atoms with Crippen molar-refractivity contribution < 1.29 is 9.59 Å². The Kier molecular flexibility index (Phi) is 4.19. The summed E-state index contributed by atoms with van der Waals surface area (Å²) in [6, 6.07) is 5.31. The van der Waals surface area contributed by atoms with E-state index in [2.05, 4.69) is 31.9 Å². The van der Waals surface area contributed by atoms with E-state index in [1.54, 1.807) is 12.1 Å². The van der Waals surface area contributed by atoms with E-state index in [0.717, 1.165) is 5.56 Å². The molecule has 1 aromatic rings. The van der Waals surface area contributed by atoms with Crippen molar-refractivity contribution in [1.29, 1.82) is 0 Å². The normalized spacial score (nSPS) is 32.5. The van der Waals surface area contributed by atoms with E-state index in [9.17, 15) is 9.59 Å². The molecule has 2 fully saturated rings. The number of alkyl halides is 2. The quantitative estimate of drug-likeness (QED) is 0.493. The van der Waals surface area contributed by atoms with Crippen molar-refractivity contribution >= 4 is 61.0 Å². The molecule has 112 valence electrons. The third-order valence-corrected chi connectivity index (χ3v) is 7.47. The number of carbonyl (C=O) groups is 2. The molecule has 2 aliphatic rings. The minimum absolute atomic E-state index is 0.103. The smallest absolute Gasteiger partial charge is 0.237 e. The van der Waals surface area contributed by atoms with Crippen LogP contribution in [0.3, 0.4) is 0 Å². The van der Waals surface area contributed by atoms with Crippen LogP contribution >= 0.6 is 43.5 Å². The van der Waals surface area contributed by atoms with Gasteiger partial charge in [-0.25, -0.2) is 0 Å². The molecule has 0 radical (unpaired) electrons. The number of imide groups is 1. The molecule has 1 saturated carbocycles. The van der Waals surface area contributed by atoms with E-state index in [1.807, 2.05) is 13.0 Å². The fourth-order valence-electron chi connectivity index (χ4n) is 3.07. The molecule has 1 saturated heterocycles. The molecule has 0 aromatic heterocycles. The van der Waals surface area contributed by atoms with Crippen molar-refractivity contribution in [3.8, 4) is 0 Å². The topological polar surface area (TPSA) is 37.4 Å². The zero-order valence-corrected chi connectivity index (χ0v) is 15.3. The fraction of sp³-hybridized carbons (Fsp3) is 0.467. The molecule has 1 heterocycles. The lowest BCUT2D eigenvalue weighted by Gasteiger charge is -2.29. The average Bonchev–Trinajstić information content (AvgIpc) is 2.66. The van der Waals surface area contributed by atoms with E-state index in [-0.39, 0.29) is 33.3 Å². The van der Waals surface area contributed by atoms with Gasteiger partial charge >= 0.3 is 0 Å². The number of hydrogen-bond donors (Lipinski definition) is 0. The van der Waals surface area contributed by atoms with Gasteiger partial charge in [-0.3, -0.25) is 14.5 Å². The van der Waals surface area contributed by atoms with Crippen LogP contribution in [0.4, 0.5) is 5.69 Å². The summed E-state index contributed by atoms with van der Waals surface area (Å²) >= 11 is 13.3. The first-order valence-corrected chi connectivity index (χ1v) is 9.03. The zero-order chi connectivity index (χ0) is 15.3. The van der Waals surface area contributed by atoms with Crippen molar-refractivity contribution in [3.05, 3.63) is 28.8 Å².